The molecule has 0 aliphatic rings. The zero-order chi connectivity index (χ0) is 38.8. The Hall–Kier alpha value is -5.72. The molecule has 4 rings (SSSR count). The van der Waals surface area contributed by atoms with E-state index in [2.05, 4.69) is 58.3 Å². The van der Waals surface area contributed by atoms with Crippen molar-refractivity contribution in [2.75, 3.05) is 21.3 Å². The van der Waals surface area contributed by atoms with Crippen molar-refractivity contribution < 1.29 is 4.79 Å². The van der Waals surface area contributed by atoms with Crippen LogP contribution in [0.1, 0.15) is 27.7 Å². The minimum absolute atomic E-state index is 0.0880. The van der Waals surface area contributed by atoms with Crippen LogP contribution in [0.3, 0.4) is 0 Å². The first-order valence-electron chi connectivity index (χ1n) is 15.8. The maximum absolute atomic E-state index is 10.9. The first-order chi connectivity index (χ1) is 25.5. The average Bonchev–Trinajstić information content (AvgIpc) is 3.17. The number of anilines is 4. The highest BCUT2D eigenvalue weighted by molar-refractivity contribution is 7.81. The van der Waals surface area contributed by atoms with Crippen molar-refractivity contribution in [2.45, 2.75) is 27.7 Å². The monoisotopic (exact) mass is 786 g/mol. The molecule has 4 aromatic rings. The molecule has 0 spiro atoms. The smallest absolute Gasteiger partial charge is 0.191 e. The van der Waals surface area contributed by atoms with Crippen LogP contribution in [-0.4, -0.2) is 43.4 Å². The second kappa shape index (κ2) is 25.3. The van der Waals surface area contributed by atoms with Crippen molar-refractivity contribution in [2.24, 2.45) is 21.1 Å². The van der Waals surface area contributed by atoms with E-state index in [1.54, 1.807) is 6.92 Å². The molecule has 10 N–H and O–H groups in total. The Morgan fingerprint density at radius 2 is 0.679 bits per heavy atom. The maximum Gasteiger partial charge on any atom is 0.191 e. The van der Waals surface area contributed by atoms with E-state index in [9.17, 15) is 4.79 Å². The predicted octanol–water partition coefficient (Wildman–Crippen LogP) is 6.50. The molecule has 0 unspecified atom stereocenters. The fraction of sp³-hybridized carbons (Fsp3) is 0.111. The van der Waals surface area contributed by atoms with Gasteiger partial charge in [0.2, 0.25) is 0 Å². The number of hydrazone groups is 3. The van der Waals surface area contributed by atoms with Crippen molar-refractivity contribution in [3.63, 3.8) is 0 Å². The normalized spacial score (nSPS) is 10.7. The topological polar surface area (TPSA) is 176 Å². The van der Waals surface area contributed by atoms with Gasteiger partial charge in [0.05, 0.1) is 11.4 Å². The second-order valence-electron chi connectivity index (χ2n) is 10.4. The number of benzene rings is 4. The lowest BCUT2D eigenvalue weighted by Crippen LogP contribution is -2.34. The van der Waals surface area contributed by atoms with Crippen LogP contribution >= 0.6 is 48.9 Å². The van der Waals surface area contributed by atoms with E-state index in [0.717, 1.165) is 22.7 Å². The summed E-state index contributed by atoms with van der Waals surface area (Å²) in [6.45, 7) is 6.73. The zero-order valence-corrected chi connectivity index (χ0v) is 32.8. The van der Waals surface area contributed by atoms with Gasteiger partial charge in [-0.1, -0.05) is 72.8 Å². The molecule has 0 heterocycles. The van der Waals surface area contributed by atoms with Crippen LogP contribution in [0.15, 0.2) is 137 Å². The van der Waals surface area contributed by atoms with E-state index < -0.39 is 0 Å². The second-order valence-corrected chi connectivity index (χ2v) is 12.0. The minimum atomic E-state index is -0.0880. The summed E-state index contributed by atoms with van der Waals surface area (Å²) in [5.41, 5.74) is 15.8. The van der Waals surface area contributed by atoms with Gasteiger partial charge in [0, 0.05) is 29.7 Å². The molecule has 4 aromatic carbocycles. The van der Waals surface area contributed by atoms with Crippen LogP contribution in [0.2, 0.25) is 0 Å². The largest absolute Gasteiger partial charge is 0.332 e. The summed E-state index contributed by atoms with van der Waals surface area (Å²) in [7, 11) is 0. The van der Waals surface area contributed by atoms with Gasteiger partial charge in [-0.15, -0.1) is 0 Å². The number of para-hydroxylation sites is 4. The Bertz CT molecular complexity index is 1790. The van der Waals surface area contributed by atoms with E-state index in [1.807, 2.05) is 135 Å². The van der Waals surface area contributed by atoms with Crippen LogP contribution in [0, 0.1) is 0 Å². The molecular formula is C36H42N12OS4. The number of hydrazine groups is 1. The van der Waals surface area contributed by atoms with Gasteiger partial charge in [-0.25, -0.2) is 5.84 Å². The Balaban J connectivity index is 0.000000305. The SMILES string of the molecule is CC(=N\NC(=S)Nc1ccccc1)/C(C)=N/NC(=S)Nc1ccccc1.CC(=O)/C(C)=N/NC(=S)Nc1ccccc1.NNC(=S)Nc1ccccc1. The first kappa shape index (κ1) is 43.4. The molecule has 0 aliphatic heterocycles. The van der Waals surface area contributed by atoms with Gasteiger partial charge in [0.15, 0.2) is 26.2 Å². The molecule has 0 aromatic heterocycles. The Labute approximate surface area is 331 Å². The van der Waals surface area contributed by atoms with Crippen LogP contribution in [0.5, 0.6) is 0 Å². The third-order valence-corrected chi connectivity index (χ3v) is 7.07. The fourth-order valence-corrected chi connectivity index (χ4v) is 3.98. The van der Waals surface area contributed by atoms with Gasteiger partial charge in [-0.2, -0.15) is 15.3 Å². The molecule has 17 heteroatoms. The maximum atomic E-state index is 10.9. The van der Waals surface area contributed by atoms with E-state index in [-0.39, 0.29) is 5.78 Å². The average molecular weight is 787 g/mol. The van der Waals surface area contributed by atoms with Crippen molar-refractivity contribution >= 4 is 115 Å². The third-order valence-electron chi connectivity index (χ3n) is 6.27. The number of thiocarbonyl (C=S) groups is 4. The van der Waals surface area contributed by atoms with Gasteiger partial charge in [0.25, 0.3) is 0 Å². The van der Waals surface area contributed by atoms with Gasteiger partial charge in [0.1, 0.15) is 5.71 Å². The molecule has 0 saturated heterocycles. The predicted molar refractivity (Wildman–Crippen MR) is 237 cm³/mol. The minimum Gasteiger partial charge on any atom is -0.332 e. The van der Waals surface area contributed by atoms with Crippen molar-refractivity contribution in [1.82, 2.24) is 21.7 Å². The van der Waals surface area contributed by atoms with Crippen molar-refractivity contribution in [1.29, 1.82) is 0 Å². The quantitative estimate of drug-likeness (QED) is 0.0389. The summed E-state index contributed by atoms with van der Waals surface area (Å²) in [6, 6.07) is 38.3. The fourth-order valence-electron chi connectivity index (χ4n) is 3.37. The van der Waals surface area contributed by atoms with Crippen LogP contribution in [0.4, 0.5) is 22.7 Å². The van der Waals surface area contributed by atoms with Crippen LogP contribution in [-0.2, 0) is 4.79 Å². The molecule has 276 valence electrons. The van der Waals surface area contributed by atoms with E-state index in [4.69, 9.17) is 54.7 Å². The highest BCUT2D eigenvalue weighted by Crippen LogP contribution is 2.06. The number of nitrogens with two attached hydrogens (primary N) is 1. The van der Waals surface area contributed by atoms with E-state index in [1.165, 1.54) is 6.92 Å². The summed E-state index contributed by atoms with van der Waals surface area (Å²) in [6.07, 6.45) is 0. The van der Waals surface area contributed by atoms with Gasteiger partial charge in [-0.05, 0) is 118 Å². The standard InChI is InChI=1S/C18H20N6S2.C11H13N3OS.C7H9N3S/c1-13(21-23-17(25)19-15-9-5-3-6-10-15)14(2)22-24-18(26)20-16-11-7-4-8-12-16;1-8(9(2)15)13-14-11(16)12-10-6-4-3-5-7-10;8-10-7(11)9-6-4-2-1-3-5-6/h3-12H,1-2H3,(H2,19,23,25)(H2,20,24,26);3-7H,1-2H3,(H2,12,14,16);1-5H,8H2,(H2,9,10,11)/b21-13+,22-14+;13-8+;. The molecule has 0 aliphatic carbocycles. The first-order valence-corrected chi connectivity index (χ1v) is 17.4. The van der Waals surface area contributed by atoms with Crippen molar-refractivity contribution in [3.8, 4) is 0 Å². The lowest BCUT2D eigenvalue weighted by Gasteiger charge is -2.09. The number of Topliss-reactive ketones (excluding diaryl/α,β-unsaturated/α-hetero) is 1. The summed E-state index contributed by atoms with van der Waals surface area (Å²) < 4.78 is 0. The molecule has 0 fully saturated rings. The lowest BCUT2D eigenvalue weighted by atomic mass is 10.3. The molecule has 0 radical (unpaired) electrons. The van der Waals surface area contributed by atoms with Crippen molar-refractivity contribution in [3.05, 3.63) is 121 Å². The number of nitrogens with zero attached hydrogens (tertiary/aromatic N) is 3. The molecule has 13 nitrogen and oxygen atoms in total. The van der Waals surface area contributed by atoms with Crippen LogP contribution < -0.4 is 48.8 Å². The number of hydrogen-bond donors (Lipinski definition) is 9. The van der Waals surface area contributed by atoms with Gasteiger partial charge in [-0.3, -0.25) is 21.1 Å². The Kier molecular flexibility index (Phi) is 20.7. The van der Waals surface area contributed by atoms with Gasteiger partial charge >= 0.3 is 0 Å². The number of ketones is 1. The molecule has 0 saturated carbocycles. The number of rotatable bonds is 9. The Morgan fingerprint density at radius 3 is 0.925 bits per heavy atom. The molecule has 0 amide bonds. The summed E-state index contributed by atoms with van der Waals surface area (Å²) >= 11 is 20.2. The summed E-state index contributed by atoms with van der Waals surface area (Å²) in [4.78, 5) is 10.9. The van der Waals surface area contributed by atoms with E-state index in [0.29, 0.717) is 37.6 Å². The highest BCUT2D eigenvalue weighted by atomic mass is 32.1. The highest BCUT2D eigenvalue weighted by Gasteiger charge is 2.02. The van der Waals surface area contributed by atoms with E-state index >= 15 is 0 Å². The molecular weight excluding hydrogens is 745 g/mol. The van der Waals surface area contributed by atoms with Gasteiger partial charge < -0.3 is 26.7 Å². The number of carbonyl (C=O) groups is 1. The lowest BCUT2D eigenvalue weighted by molar-refractivity contribution is -0.111. The number of hydrogen-bond acceptors (Lipinski definition) is 9. The summed E-state index contributed by atoms with van der Waals surface area (Å²) in [5, 5.41) is 25.7. The third kappa shape index (κ3) is 20.0. The zero-order valence-electron chi connectivity index (χ0n) is 29.5. The van der Waals surface area contributed by atoms with Crippen LogP contribution in [0.25, 0.3) is 0 Å². The molecule has 0 atom stereocenters. The Morgan fingerprint density at radius 1 is 0.434 bits per heavy atom. The number of nitrogens with one attached hydrogen (secondary N) is 8. The summed E-state index contributed by atoms with van der Waals surface area (Å²) in [5.74, 6) is 4.98. The molecule has 53 heavy (non-hydrogen) atoms. The number of carbonyl (C=O) groups excluding carboxylic acids is 1. The molecule has 0 bridgehead atoms.